The van der Waals surface area contributed by atoms with Gasteiger partial charge in [-0.15, -0.1) is 11.8 Å². The van der Waals surface area contributed by atoms with Crippen LogP contribution in [-0.2, 0) is 10.5 Å². The van der Waals surface area contributed by atoms with E-state index in [1.165, 1.54) is 11.1 Å². The van der Waals surface area contributed by atoms with Gasteiger partial charge in [-0.3, -0.25) is 4.79 Å². The Morgan fingerprint density at radius 3 is 2.37 bits per heavy atom. The summed E-state index contributed by atoms with van der Waals surface area (Å²) in [6, 6.07) is 12.2. The maximum absolute atomic E-state index is 12.6. The number of carbonyl (C=O) groups excluding carboxylic acids is 1. The minimum Gasteiger partial charge on any atom is -0.454 e. The van der Waals surface area contributed by atoms with Crippen molar-refractivity contribution >= 4 is 23.4 Å². The van der Waals surface area contributed by atoms with Crippen molar-refractivity contribution in [3.8, 4) is 11.5 Å². The number of hydrogen-bond donors (Lipinski definition) is 1. The Morgan fingerprint density at radius 2 is 1.70 bits per heavy atom. The van der Waals surface area contributed by atoms with Crippen molar-refractivity contribution in [2.75, 3.05) is 17.9 Å². The van der Waals surface area contributed by atoms with E-state index >= 15 is 0 Å². The normalized spacial score (nSPS) is 12.7. The van der Waals surface area contributed by atoms with Crippen LogP contribution in [0.25, 0.3) is 0 Å². The highest BCUT2D eigenvalue weighted by atomic mass is 32.2. The molecule has 0 fully saturated rings. The number of thioether (sulfide) groups is 1. The van der Waals surface area contributed by atoms with Gasteiger partial charge >= 0.3 is 0 Å². The van der Waals surface area contributed by atoms with Gasteiger partial charge in [0.05, 0.1) is 5.75 Å². The van der Waals surface area contributed by atoms with Crippen molar-refractivity contribution in [2.45, 2.75) is 45.3 Å². The fraction of sp³-hybridized carbons (Fsp3) is 0.409. The number of fused-ring (bicyclic) bond motifs is 1. The molecule has 0 aromatic heterocycles. The number of para-hydroxylation sites is 1. The Morgan fingerprint density at radius 1 is 1.04 bits per heavy atom. The van der Waals surface area contributed by atoms with Gasteiger partial charge in [-0.05, 0) is 40.7 Å². The summed E-state index contributed by atoms with van der Waals surface area (Å²) >= 11 is 1.60. The van der Waals surface area contributed by atoms with Crippen LogP contribution >= 0.6 is 11.8 Å². The van der Waals surface area contributed by atoms with Crippen molar-refractivity contribution < 1.29 is 14.3 Å². The molecule has 27 heavy (non-hydrogen) atoms. The molecule has 0 atom stereocenters. The molecule has 1 amide bonds. The highest BCUT2D eigenvalue weighted by Gasteiger charge is 2.16. The maximum atomic E-state index is 12.6. The molecule has 2 aromatic rings. The Hall–Kier alpha value is -2.14. The number of carbonyl (C=O) groups is 1. The van der Waals surface area contributed by atoms with Crippen molar-refractivity contribution in [2.24, 2.45) is 0 Å². The largest absolute Gasteiger partial charge is 0.454 e. The summed E-state index contributed by atoms with van der Waals surface area (Å²) in [5, 5.41) is 3.17. The van der Waals surface area contributed by atoms with E-state index in [0.29, 0.717) is 17.6 Å². The van der Waals surface area contributed by atoms with Gasteiger partial charge in [0.1, 0.15) is 0 Å². The van der Waals surface area contributed by atoms with Gasteiger partial charge in [-0.1, -0.05) is 52.0 Å². The van der Waals surface area contributed by atoms with Crippen LogP contribution in [0.3, 0.4) is 0 Å². The molecule has 0 bridgehead atoms. The number of ether oxygens (including phenoxy) is 2. The average molecular weight is 386 g/mol. The zero-order valence-electron chi connectivity index (χ0n) is 16.4. The Labute approximate surface area is 165 Å². The second kappa shape index (κ2) is 8.70. The number of amides is 1. The lowest BCUT2D eigenvalue weighted by atomic mass is 9.92. The molecule has 0 saturated carbocycles. The third-order valence-corrected chi connectivity index (χ3v) is 5.58. The Kier molecular flexibility index (Phi) is 6.32. The van der Waals surface area contributed by atoms with Gasteiger partial charge in [-0.25, -0.2) is 0 Å². The standard InChI is InChI=1S/C22H27NO3S/c1-14(2)17-6-5-7-18(15(3)4)22(17)23-21(24)12-27-11-16-8-9-19-20(10-16)26-13-25-19/h5-10,14-15H,11-13H2,1-4H3,(H,23,24). The van der Waals surface area contributed by atoms with Crippen LogP contribution in [0.4, 0.5) is 5.69 Å². The summed E-state index contributed by atoms with van der Waals surface area (Å²) in [6.45, 7) is 8.90. The zero-order valence-corrected chi connectivity index (χ0v) is 17.2. The first-order valence-corrected chi connectivity index (χ1v) is 10.5. The monoisotopic (exact) mass is 385 g/mol. The zero-order chi connectivity index (χ0) is 19.4. The molecular weight excluding hydrogens is 358 g/mol. The SMILES string of the molecule is CC(C)c1cccc(C(C)C)c1NC(=O)CSCc1ccc2c(c1)OCO2. The van der Waals surface area contributed by atoms with Crippen molar-refractivity contribution in [1.29, 1.82) is 0 Å². The fourth-order valence-corrected chi connectivity index (χ4v) is 3.94. The van der Waals surface area contributed by atoms with Gasteiger partial charge in [0.15, 0.2) is 11.5 Å². The maximum Gasteiger partial charge on any atom is 0.234 e. The predicted octanol–water partition coefficient (Wildman–Crippen LogP) is 5.53. The molecular formula is C22H27NO3S. The lowest BCUT2D eigenvalue weighted by molar-refractivity contribution is -0.113. The summed E-state index contributed by atoms with van der Waals surface area (Å²) in [5.74, 6) is 3.50. The molecule has 3 rings (SSSR count). The smallest absolute Gasteiger partial charge is 0.234 e. The molecule has 1 aliphatic heterocycles. The third-order valence-electron chi connectivity index (χ3n) is 4.58. The van der Waals surface area contributed by atoms with Gasteiger partial charge in [0.25, 0.3) is 0 Å². The van der Waals surface area contributed by atoms with Crippen LogP contribution in [0.5, 0.6) is 11.5 Å². The summed E-state index contributed by atoms with van der Waals surface area (Å²) in [7, 11) is 0. The second-order valence-corrected chi connectivity index (χ2v) is 8.34. The number of anilines is 1. The summed E-state index contributed by atoms with van der Waals surface area (Å²) < 4.78 is 10.7. The Balaban J connectivity index is 1.61. The summed E-state index contributed by atoms with van der Waals surface area (Å²) in [5.41, 5.74) is 4.49. The predicted molar refractivity (Wildman–Crippen MR) is 112 cm³/mol. The third kappa shape index (κ3) is 4.78. The highest BCUT2D eigenvalue weighted by Crippen LogP contribution is 2.34. The quantitative estimate of drug-likeness (QED) is 0.680. The van der Waals surface area contributed by atoms with Crippen LogP contribution in [0.1, 0.15) is 56.2 Å². The van der Waals surface area contributed by atoms with Gasteiger partial charge in [-0.2, -0.15) is 0 Å². The molecule has 5 heteroatoms. The second-order valence-electron chi connectivity index (χ2n) is 7.35. The number of hydrogen-bond acceptors (Lipinski definition) is 4. The number of benzene rings is 2. The van der Waals surface area contributed by atoms with Crippen LogP contribution < -0.4 is 14.8 Å². The molecule has 2 aromatic carbocycles. The molecule has 4 nitrogen and oxygen atoms in total. The van der Waals surface area contributed by atoms with Crippen molar-refractivity contribution in [3.05, 3.63) is 53.1 Å². The molecule has 0 unspecified atom stereocenters. The van der Waals surface area contributed by atoms with E-state index in [0.717, 1.165) is 28.5 Å². The minimum atomic E-state index is 0.0377. The fourth-order valence-electron chi connectivity index (χ4n) is 3.16. The molecule has 0 spiro atoms. The Bertz CT molecular complexity index is 791. The van der Waals surface area contributed by atoms with E-state index in [1.54, 1.807) is 11.8 Å². The van der Waals surface area contributed by atoms with Crippen LogP contribution in [-0.4, -0.2) is 18.5 Å². The molecule has 0 radical (unpaired) electrons. The lowest BCUT2D eigenvalue weighted by Crippen LogP contribution is -2.17. The van der Waals surface area contributed by atoms with E-state index in [9.17, 15) is 4.79 Å². The highest BCUT2D eigenvalue weighted by molar-refractivity contribution is 7.99. The first-order valence-electron chi connectivity index (χ1n) is 9.34. The van der Waals surface area contributed by atoms with Gasteiger partial charge in [0.2, 0.25) is 12.7 Å². The van der Waals surface area contributed by atoms with E-state index in [2.05, 4.69) is 51.2 Å². The molecule has 0 saturated heterocycles. The molecule has 0 aliphatic carbocycles. The summed E-state index contributed by atoms with van der Waals surface area (Å²) in [6.07, 6.45) is 0. The minimum absolute atomic E-state index is 0.0377. The van der Waals surface area contributed by atoms with E-state index in [-0.39, 0.29) is 12.7 Å². The van der Waals surface area contributed by atoms with Crippen LogP contribution in [0.15, 0.2) is 36.4 Å². The van der Waals surface area contributed by atoms with Crippen LogP contribution in [0.2, 0.25) is 0 Å². The molecule has 1 N–H and O–H groups in total. The van der Waals surface area contributed by atoms with Crippen LogP contribution in [0, 0.1) is 0 Å². The van der Waals surface area contributed by atoms with E-state index in [4.69, 9.17) is 9.47 Å². The van der Waals surface area contributed by atoms with Crippen molar-refractivity contribution in [3.63, 3.8) is 0 Å². The molecule has 144 valence electrons. The topological polar surface area (TPSA) is 47.6 Å². The lowest BCUT2D eigenvalue weighted by Gasteiger charge is -2.20. The van der Waals surface area contributed by atoms with Gasteiger partial charge in [0, 0.05) is 11.4 Å². The number of nitrogens with one attached hydrogen (secondary N) is 1. The first-order chi connectivity index (χ1) is 13.0. The van der Waals surface area contributed by atoms with E-state index in [1.807, 2.05) is 18.2 Å². The first kappa shape index (κ1) is 19.6. The van der Waals surface area contributed by atoms with Gasteiger partial charge < -0.3 is 14.8 Å². The van der Waals surface area contributed by atoms with E-state index < -0.39 is 0 Å². The number of rotatable bonds is 7. The summed E-state index contributed by atoms with van der Waals surface area (Å²) in [4.78, 5) is 12.6. The average Bonchev–Trinajstić information content (AvgIpc) is 3.09. The van der Waals surface area contributed by atoms with Crippen molar-refractivity contribution in [1.82, 2.24) is 0 Å². The molecule has 1 heterocycles. The molecule has 1 aliphatic rings.